The highest BCUT2D eigenvalue weighted by Gasteiger charge is 2.25. The molecule has 116 valence electrons. The number of likely N-dealkylation sites (tertiary alicyclic amines) is 1. The number of halogens is 1. The number of benzene rings is 1. The lowest BCUT2D eigenvalue weighted by molar-refractivity contribution is -0.132. The standard InChI is InChI=1S/C15H19BIN3O2/c16-13-2-1-7-20(13)14(21)9-19-15(22)12(18)8-10-3-5-11(17)6-4-10/h3-6,12-13H,1-2,7-9,18H2,(H,19,22). The third-order valence-corrected chi connectivity index (χ3v) is 4.46. The molecule has 2 unspecified atom stereocenters. The number of carbonyl (C=O) groups excluding carboxylic acids is 2. The van der Waals surface area contributed by atoms with E-state index in [-0.39, 0.29) is 24.3 Å². The molecule has 1 aromatic rings. The molecular formula is C15H19BIN3O2. The molecule has 22 heavy (non-hydrogen) atoms. The summed E-state index contributed by atoms with van der Waals surface area (Å²) in [7, 11) is 5.83. The Balaban J connectivity index is 1.78. The summed E-state index contributed by atoms with van der Waals surface area (Å²) in [6.07, 6.45) is 2.17. The van der Waals surface area contributed by atoms with Gasteiger partial charge in [-0.3, -0.25) is 9.59 Å². The molecule has 0 saturated carbocycles. The van der Waals surface area contributed by atoms with Gasteiger partial charge in [-0.05, 0) is 65.5 Å². The van der Waals surface area contributed by atoms with Gasteiger partial charge in [0.05, 0.1) is 20.4 Å². The Kier molecular flexibility index (Phi) is 6.25. The van der Waals surface area contributed by atoms with Crippen LogP contribution in [-0.2, 0) is 16.0 Å². The fraction of sp³-hybridized carbons (Fsp3) is 0.467. The van der Waals surface area contributed by atoms with Crippen molar-refractivity contribution in [3.63, 3.8) is 0 Å². The van der Waals surface area contributed by atoms with Crippen LogP contribution in [-0.4, -0.2) is 49.6 Å². The van der Waals surface area contributed by atoms with Crippen molar-refractivity contribution >= 4 is 42.3 Å². The topological polar surface area (TPSA) is 75.4 Å². The molecule has 0 spiro atoms. The Morgan fingerprint density at radius 2 is 2.09 bits per heavy atom. The van der Waals surface area contributed by atoms with Crippen LogP contribution >= 0.6 is 22.6 Å². The number of amides is 2. The van der Waals surface area contributed by atoms with Gasteiger partial charge in [0, 0.05) is 10.1 Å². The van der Waals surface area contributed by atoms with E-state index < -0.39 is 6.04 Å². The fourth-order valence-corrected chi connectivity index (χ4v) is 2.82. The summed E-state index contributed by atoms with van der Waals surface area (Å²) in [6, 6.07) is 7.17. The molecule has 2 atom stereocenters. The first kappa shape index (κ1) is 17.3. The average Bonchev–Trinajstić information content (AvgIpc) is 2.93. The predicted octanol–water partition coefficient (Wildman–Crippen LogP) is 0.394. The van der Waals surface area contributed by atoms with Crippen LogP contribution in [0.2, 0.25) is 0 Å². The van der Waals surface area contributed by atoms with Crippen molar-refractivity contribution < 1.29 is 9.59 Å². The Hall–Kier alpha value is -1.09. The SMILES string of the molecule is [B]C1CCCN1C(=O)CNC(=O)C(N)Cc1ccc(I)cc1. The summed E-state index contributed by atoms with van der Waals surface area (Å²) < 4.78 is 1.13. The summed E-state index contributed by atoms with van der Waals surface area (Å²) in [5.74, 6) is -0.704. The lowest BCUT2D eigenvalue weighted by Crippen LogP contribution is -2.47. The zero-order valence-electron chi connectivity index (χ0n) is 12.3. The first-order valence-electron chi connectivity index (χ1n) is 7.30. The molecule has 2 radical (unpaired) electrons. The molecule has 7 heteroatoms. The molecule has 0 aliphatic carbocycles. The number of rotatable bonds is 5. The number of nitrogens with zero attached hydrogens (tertiary/aromatic N) is 1. The zero-order valence-corrected chi connectivity index (χ0v) is 14.5. The molecule has 2 rings (SSSR count). The number of hydrogen-bond acceptors (Lipinski definition) is 3. The highest BCUT2D eigenvalue weighted by atomic mass is 127. The Morgan fingerprint density at radius 3 is 2.68 bits per heavy atom. The van der Waals surface area contributed by atoms with E-state index in [2.05, 4.69) is 27.9 Å². The second-order valence-electron chi connectivity index (χ2n) is 5.45. The molecule has 1 saturated heterocycles. The van der Waals surface area contributed by atoms with Gasteiger partial charge < -0.3 is 16.0 Å². The van der Waals surface area contributed by atoms with Gasteiger partial charge in [-0.25, -0.2) is 0 Å². The van der Waals surface area contributed by atoms with E-state index in [0.29, 0.717) is 13.0 Å². The third-order valence-electron chi connectivity index (χ3n) is 3.74. The lowest BCUT2D eigenvalue weighted by atomic mass is 9.94. The van der Waals surface area contributed by atoms with Crippen molar-refractivity contribution in [1.29, 1.82) is 0 Å². The third kappa shape index (κ3) is 4.71. The number of nitrogens with one attached hydrogen (secondary N) is 1. The number of nitrogens with two attached hydrogens (primary N) is 1. The maximum Gasteiger partial charge on any atom is 0.241 e. The van der Waals surface area contributed by atoms with Crippen molar-refractivity contribution in [3.8, 4) is 0 Å². The first-order valence-corrected chi connectivity index (χ1v) is 8.38. The minimum absolute atomic E-state index is 0.0487. The maximum absolute atomic E-state index is 12.0. The maximum atomic E-state index is 12.0. The molecule has 3 N–H and O–H groups in total. The molecule has 0 aromatic heterocycles. The van der Waals surface area contributed by atoms with Gasteiger partial charge in [-0.1, -0.05) is 12.1 Å². The van der Waals surface area contributed by atoms with Crippen LogP contribution in [0.1, 0.15) is 18.4 Å². The van der Waals surface area contributed by atoms with E-state index in [1.807, 2.05) is 24.3 Å². The van der Waals surface area contributed by atoms with Crippen LogP contribution in [0.25, 0.3) is 0 Å². The van der Waals surface area contributed by atoms with E-state index in [1.165, 1.54) is 0 Å². The fourth-order valence-electron chi connectivity index (χ4n) is 2.46. The first-order chi connectivity index (χ1) is 10.5. The van der Waals surface area contributed by atoms with Crippen LogP contribution < -0.4 is 11.1 Å². The molecule has 1 aliphatic rings. The lowest BCUT2D eigenvalue weighted by Gasteiger charge is -2.22. The molecule has 2 amide bonds. The van der Waals surface area contributed by atoms with E-state index in [4.69, 9.17) is 13.6 Å². The molecule has 5 nitrogen and oxygen atoms in total. The van der Waals surface area contributed by atoms with Crippen molar-refractivity contribution in [2.75, 3.05) is 13.1 Å². The van der Waals surface area contributed by atoms with Crippen molar-refractivity contribution in [3.05, 3.63) is 33.4 Å². The van der Waals surface area contributed by atoms with Crippen molar-refractivity contribution in [2.45, 2.75) is 31.2 Å². The van der Waals surface area contributed by atoms with Gasteiger partial charge in [0.2, 0.25) is 11.8 Å². The quantitative estimate of drug-likeness (QED) is 0.544. The predicted molar refractivity (Wildman–Crippen MR) is 94.3 cm³/mol. The molecule has 0 bridgehead atoms. The number of carbonyl (C=O) groups is 2. The highest BCUT2D eigenvalue weighted by Crippen LogP contribution is 2.13. The minimum Gasteiger partial charge on any atom is -0.347 e. The normalized spacial score (nSPS) is 19.0. The summed E-state index contributed by atoms with van der Waals surface area (Å²) in [5, 5.41) is 2.60. The van der Waals surface area contributed by atoms with E-state index in [0.717, 1.165) is 22.0 Å². The van der Waals surface area contributed by atoms with E-state index in [9.17, 15) is 9.59 Å². The summed E-state index contributed by atoms with van der Waals surface area (Å²) in [5.41, 5.74) is 6.89. The second-order valence-corrected chi connectivity index (χ2v) is 6.70. The van der Waals surface area contributed by atoms with Gasteiger partial charge in [-0.15, -0.1) is 0 Å². The monoisotopic (exact) mass is 411 g/mol. The van der Waals surface area contributed by atoms with Crippen LogP contribution in [0.5, 0.6) is 0 Å². The Morgan fingerprint density at radius 1 is 1.41 bits per heavy atom. The van der Waals surface area contributed by atoms with Gasteiger partial charge in [0.25, 0.3) is 0 Å². The van der Waals surface area contributed by atoms with Crippen molar-refractivity contribution in [1.82, 2.24) is 10.2 Å². The Bertz CT molecular complexity index is 538. The van der Waals surface area contributed by atoms with Crippen LogP contribution in [0.4, 0.5) is 0 Å². The summed E-state index contributed by atoms with van der Waals surface area (Å²) in [6.45, 7) is 0.609. The number of hydrogen-bond donors (Lipinski definition) is 2. The summed E-state index contributed by atoms with van der Waals surface area (Å²) >= 11 is 2.22. The van der Waals surface area contributed by atoms with Crippen LogP contribution in [0, 0.1) is 3.57 Å². The average molecular weight is 411 g/mol. The molecular weight excluding hydrogens is 392 g/mol. The van der Waals surface area contributed by atoms with Crippen LogP contribution in [0.15, 0.2) is 24.3 Å². The summed E-state index contributed by atoms with van der Waals surface area (Å²) in [4.78, 5) is 25.5. The Labute approximate surface area is 145 Å². The van der Waals surface area contributed by atoms with Gasteiger partial charge in [0.1, 0.15) is 0 Å². The highest BCUT2D eigenvalue weighted by molar-refractivity contribution is 14.1. The zero-order chi connectivity index (χ0) is 16.1. The smallest absolute Gasteiger partial charge is 0.241 e. The van der Waals surface area contributed by atoms with Gasteiger partial charge in [-0.2, -0.15) is 0 Å². The molecule has 1 aliphatic heterocycles. The van der Waals surface area contributed by atoms with Crippen molar-refractivity contribution in [2.24, 2.45) is 5.73 Å². The van der Waals surface area contributed by atoms with Crippen LogP contribution in [0.3, 0.4) is 0 Å². The van der Waals surface area contributed by atoms with E-state index in [1.54, 1.807) is 4.90 Å². The van der Waals surface area contributed by atoms with Gasteiger partial charge in [0.15, 0.2) is 0 Å². The van der Waals surface area contributed by atoms with Gasteiger partial charge >= 0.3 is 0 Å². The molecule has 1 heterocycles. The minimum atomic E-state index is -0.667. The second kappa shape index (κ2) is 7.96. The molecule has 1 aromatic carbocycles. The molecule has 1 fully saturated rings. The largest absolute Gasteiger partial charge is 0.347 e. The van der Waals surface area contributed by atoms with E-state index >= 15 is 0 Å².